The SMILES string of the molecule is O=S(=O)(Cl)[C@H]1CCCOC1. The Labute approximate surface area is 64.7 Å². The molecule has 0 bridgehead atoms. The molecule has 10 heavy (non-hydrogen) atoms. The molecule has 5 heteroatoms. The lowest BCUT2D eigenvalue weighted by Gasteiger charge is -2.18. The highest BCUT2D eigenvalue weighted by Crippen LogP contribution is 2.17. The third-order valence-electron chi connectivity index (χ3n) is 1.52. The van der Waals surface area contributed by atoms with Gasteiger partial charge in [-0.3, -0.25) is 0 Å². The van der Waals surface area contributed by atoms with Gasteiger partial charge >= 0.3 is 0 Å². The van der Waals surface area contributed by atoms with Crippen molar-refractivity contribution in [2.45, 2.75) is 18.1 Å². The summed E-state index contributed by atoms with van der Waals surface area (Å²) in [5.41, 5.74) is 0. The van der Waals surface area contributed by atoms with Gasteiger partial charge in [-0.05, 0) is 12.8 Å². The number of hydrogen-bond donors (Lipinski definition) is 0. The van der Waals surface area contributed by atoms with E-state index in [0.717, 1.165) is 6.42 Å². The van der Waals surface area contributed by atoms with E-state index in [4.69, 9.17) is 15.4 Å². The Bertz CT molecular complexity index is 193. The summed E-state index contributed by atoms with van der Waals surface area (Å²) in [7, 11) is 1.73. The molecular weight excluding hydrogens is 176 g/mol. The van der Waals surface area contributed by atoms with Gasteiger partial charge in [0.1, 0.15) is 0 Å². The standard InChI is InChI=1S/C5H9ClO3S/c6-10(7,8)5-2-1-3-9-4-5/h5H,1-4H2/t5-/m0/s1. The zero-order valence-corrected chi connectivity index (χ0v) is 6.99. The third-order valence-corrected chi connectivity index (χ3v) is 3.44. The van der Waals surface area contributed by atoms with E-state index in [1.165, 1.54) is 0 Å². The van der Waals surface area contributed by atoms with Crippen LogP contribution >= 0.6 is 10.7 Å². The Hall–Kier alpha value is 0.200. The summed E-state index contributed by atoms with van der Waals surface area (Å²) in [5.74, 6) is 0. The maximum Gasteiger partial charge on any atom is 0.237 e. The largest absolute Gasteiger partial charge is 0.380 e. The zero-order chi connectivity index (χ0) is 7.61. The Morgan fingerprint density at radius 3 is 2.50 bits per heavy atom. The van der Waals surface area contributed by atoms with Gasteiger partial charge in [0.15, 0.2) is 0 Å². The lowest BCUT2D eigenvalue weighted by molar-refractivity contribution is 0.0996. The van der Waals surface area contributed by atoms with Crippen LogP contribution in [0.2, 0.25) is 0 Å². The fourth-order valence-electron chi connectivity index (χ4n) is 0.933. The number of ether oxygens (including phenoxy) is 1. The van der Waals surface area contributed by atoms with Gasteiger partial charge < -0.3 is 4.74 Å². The fourth-order valence-corrected chi connectivity index (χ4v) is 2.06. The Morgan fingerprint density at radius 1 is 1.50 bits per heavy atom. The van der Waals surface area contributed by atoms with Crippen LogP contribution in [0.4, 0.5) is 0 Å². The van der Waals surface area contributed by atoms with E-state index in [9.17, 15) is 8.42 Å². The quantitative estimate of drug-likeness (QED) is 0.565. The number of rotatable bonds is 1. The van der Waals surface area contributed by atoms with Crippen LogP contribution in [-0.2, 0) is 13.8 Å². The van der Waals surface area contributed by atoms with Crippen LogP contribution in [0.25, 0.3) is 0 Å². The summed E-state index contributed by atoms with van der Waals surface area (Å²) < 4.78 is 26.3. The minimum Gasteiger partial charge on any atom is -0.380 e. The first kappa shape index (κ1) is 8.30. The summed E-state index contributed by atoms with van der Waals surface area (Å²) in [4.78, 5) is 0. The normalized spacial score (nSPS) is 28.3. The van der Waals surface area contributed by atoms with Crippen molar-refractivity contribution in [2.24, 2.45) is 0 Å². The molecule has 3 nitrogen and oxygen atoms in total. The van der Waals surface area contributed by atoms with Crippen molar-refractivity contribution >= 4 is 19.7 Å². The Kier molecular flexibility index (Phi) is 2.55. The number of hydrogen-bond acceptors (Lipinski definition) is 3. The van der Waals surface area contributed by atoms with E-state index < -0.39 is 14.3 Å². The molecule has 60 valence electrons. The predicted octanol–water partition coefficient (Wildman–Crippen LogP) is 0.734. The summed E-state index contributed by atoms with van der Waals surface area (Å²) in [6.45, 7) is 0.911. The van der Waals surface area contributed by atoms with Crippen molar-refractivity contribution in [3.05, 3.63) is 0 Å². The second-order valence-corrected chi connectivity index (χ2v) is 5.22. The first-order valence-electron chi connectivity index (χ1n) is 3.12. The summed E-state index contributed by atoms with van der Waals surface area (Å²) in [6, 6.07) is 0. The minimum absolute atomic E-state index is 0.256. The van der Waals surface area contributed by atoms with Crippen LogP contribution in [0, 0.1) is 0 Å². The highest BCUT2D eigenvalue weighted by molar-refractivity contribution is 8.14. The molecule has 1 aliphatic rings. The van der Waals surface area contributed by atoms with Crippen molar-refractivity contribution < 1.29 is 13.2 Å². The summed E-state index contributed by atoms with van der Waals surface area (Å²) in [6.07, 6.45) is 1.42. The molecule has 0 aromatic carbocycles. The smallest absolute Gasteiger partial charge is 0.237 e. The molecule has 0 saturated carbocycles. The van der Waals surface area contributed by atoms with Gasteiger partial charge in [-0.2, -0.15) is 0 Å². The van der Waals surface area contributed by atoms with Crippen molar-refractivity contribution in [3.8, 4) is 0 Å². The molecule has 1 aliphatic heterocycles. The summed E-state index contributed by atoms with van der Waals surface area (Å²) >= 11 is 0. The van der Waals surface area contributed by atoms with E-state index in [0.29, 0.717) is 13.0 Å². The average molecular weight is 185 g/mol. The Balaban J connectivity index is 2.56. The van der Waals surface area contributed by atoms with Crippen LogP contribution in [0.5, 0.6) is 0 Å². The second kappa shape index (κ2) is 3.07. The van der Waals surface area contributed by atoms with Crippen molar-refractivity contribution in [3.63, 3.8) is 0 Å². The van der Waals surface area contributed by atoms with Crippen molar-refractivity contribution in [2.75, 3.05) is 13.2 Å². The molecule has 0 aromatic heterocycles. The molecule has 1 heterocycles. The van der Waals surface area contributed by atoms with Gasteiger partial charge in [-0.15, -0.1) is 0 Å². The molecule has 0 N–H and O–H groups in total. The fraction of sp³-hybridized carbons (Fsp3) is 1.00. The first-order valence-corrected chi connectivity index (χ1v) is 5.49. The van der Waals surface area contributed by atoms with Gasteiger partial charge in [-0.25, -0.2) is 8.42 Å². The topological polar surface area (TPSA) is 43.4 Å². The van der Waals surface area contributed by atoms with Crippen molar-refractivity contribution in [1.82, 2.24) is 0 Å². The van der Waals surface area contributed by atoms with Gasteiger partial charge in [-0.1, -0.05) is 0 Å². The zero-order valence-electron chi connectivity index (χ0n) is 5.42. The van der Waals surface area contributed by atoms with Gasteiger partial charge in [0.2, 0.25) is 9.05 Å². The summed E-state index contributed by atoms with van der Waals surface area (Å²) in [5, 5.41) is -0.483. The molecule has 0 radical (unpaired) electrons. The van der Waals surface area contributed by atoms with E-state index in [2.05, 4.69) is 0 Å². The van der Waals surface area contributed by atoms with Crippen LogP contribution in [-0.4, -0.2) is 26.9 Å². The maximum atomic E-state index is 10.7. The van der Waals surface area contributed by atoms with E-state index in [-0.39, 0.29) is 6.61 Å². The Morgan fingerprint density at radius 2 is 2.20 bits per heavy atom. The molecule has 1 rings (SSSR count). The van der Waals surface area contributed by atoms with E-state index in [1.54, 1.807) is 0 Å². The molecule has 1 fully saturated rings. The second-order valence-electron chi connectivity index (χ2n) is 2.31. The van der Waals surface area contributed by atoms with Crippen LogP contribution < -0.4 is 0 Å². The molecule has 0 aromatic rings. The van der Waals surface area contributed by atoms with Gasteiger partial charge in [0.05, 0.1) is 11.9 Å². The van der Waals surface area contributed by atoms with Gasteiger partial charge in [0.25, 0.3) is 0 Å². The molecule has 1 atom stereocenters. The maximum absolute atomic E-state index is 10.7. The predicted molar refractivity (Wildman–Crippen MR) is 38.6 cm³/mol. The molecule has 0 unspecified atom stereocenters. The molecular formula is C5H9ClO3S. The molecule has 0 aliphatic carbocycles. The van der Waals surface area contributed by atoms with E-state index in [1.807, 2.05) is 0 Å². The monoisotopic (exact) mass is 184 g/mol. The van der Waals surface area contributed by atoms with Crippen molar-refractivity contribution in [1.29, 1.82) is 0 Å². The number of halogens is 1. The lowest BCUT2D eigenvalue weighted by Crippen LogP contribution is -2.27. The average Bonchev–Trinajstić information content (AvgIpc) is 1.88. The highest BCUT2D eigenvalue weighted by Gasteiger charge is 2.25. The lowest BCUT2D eigenvalue weighted by atomic mass is 10.2. The van der Waals surface area contributed by atoms with Crippen LogP contribution in [0.1, 0.15) is 12.8 Å². The first-order chi connectivity index (χ1) is 4.61. The third kappa shape index (κ3) is 2.11. The molecule has 1 saturated heterocycles. The molecule has 0 amide bonds. The highest BCUT2D eigenvalue weighted by atomic mass is 35.7. The van der Waals surface area contributed by atoms with Gasteiger partial charge in [0, 0.05) is 17.3 Å². The van der Waals surface area contributed by atoms with Crippen LogP contribution in [0.3, 0.4) is 0 Å². The molecule has 0 spiro atoms. The van der Waals surface area contributed by atoms with Crippen LogP contribution in [0.15, 0.2) is 0 Å². The minimum atomic E-state index is -3.38. The van der Waals surface area contributed by atoms with E-state index >= 15 is 0 Å².